The molecule has 3 aromatic heterocycles. The van der Waals surface area contributed by atoms with Crippen LogP contribution >= 0.6 is 11.3 Å². The molecule has 0 atom stereocenters. The fourth-order valence-corrected chi connectivity index (χ4v) is 3.42. The number of aliphatic imine (C=N–C) groups is 1. The number of aromatic nitrogens is 5. The molecular formula is C19H18N8S. The number of hydrogen-bond acceptors (Lipinski definition) is 8. The van der Waals surface area contributed by atoms with Gasteiger partial charge in [0.15, 0.2) is 5.13 Å². The molecule has 28 heavy (non-hydrogen) atoms. The molecule has 8 nitrogen and oxygen atoms in total. The van der Waals surface area contributed by atoms with E-state index in [4.69, 9.17) is 0 Å². The van der Waals surface area contributed by atoms with Gasteiger partial charge in [-0.25, -0.2) is 19.9 Å². The van der Waals surface area contributed by atoms with Gasteiger partial charge in [-0.1, -0.05) is 11.3 Å². The molecule has 0 bridgehead atoms. The molecule has 0 unspecified atom stereocenters. The van der Waals surface area contributed by atoms with Crippen LogP contribution in [0.2, 0.25) is 0 Å². The minimum atomic E-state index is 0.531. The van der Waals surface area contributed by atoms with Crippen molar-refractivity contribution in [2.75, 3.05) is 17.7 Å². The lowest BCUT2D eigenvalue weighted by Gasteiger charge is -2.06. The van der Waals surface area contributed by atoms with Crippen LogP contribution in [0.3, 0.4) is 0 Å². The summed E-state index contributed by atoms with van der Waals surface area (Å²) in [7, 11) is 1.86. The van der Waals surface area contributed by atoms with E-state index in [1.807, 2.05) is 44.3 Å². The van der Waals surface area contributed by atoms with E-state index in [9.17, 15) is 0 Å². The van der Waals surface area contributed by atoms with Gasteiger partial charge in [0, 0.05) is 31.3 Å². The van der Waals surface area contributed by atoms with E-state index in [0.717, 1.165) is 32.8 Å². The second-order valence-corrected chi connectivity index (χ2v) is 6.85. The molecule has 0 aliphatic heterocycles. The Morgan fingerprint density at radius 2 is 1.93 bits per heavy atom. The molecule has 3 N–H and O–H groups in total. The molecule has 4 aromatic rings. The third-order valence-electron chi connectivity index (χ3n) is 3.88. The summed E-state index contributed by atoms with van der Waals surface area (Å²) in [5, 5.41) is 7.16. The van der Waals surface area contributed by atoms with Crippen molar-refractivity contribution in [2.24, 2.45) is 4.99 Å². The van der Waals surface area contributed by atoms with Gasteiger partial charge < -0.3 is 15.6 Å². The normalized spacial score (nSPS) is 11.1. The number of rotatable bonds is 6. The molecule has 1 aromatic carbocycles. The predicted molar refractivity (Wildman–Crippen MR) is 113 cm³/mol. The first-order chi connectivity index (χ1) is 13.7. The lowest BCUT2D eigenvalue weighted by Crippen LogP contribution is -1.97. The summed E-state index contributed by atoms with van der Waals surface area (Å²) >= 11 is 1.57. The van der Waals surface area contributed by atoms with Gasteiger partial charge in [0.1, 0.15) is 5.82 Å². The minimum Gasteiger partial charge on any atom is -0.365 e. The van der Waals surface area contributed by atoms with E-state index in [0.29, 0.717) is 11.8 Å². The Labute approximate surface area is 165 Å². The van der Waals surface area contributed by atoms with Crippen molar-refractivity contribution in [3.63, 3.8) is 0 Å². The Hall–Kier alpha value is -3.59. The van der Waals surface area contributed by atoms with E-state index < -0.39 is 0 Å². The van der Waals surface area contributed by atoms with Gasteiger partial charge in [-0.05, 0) is 37.3 Å². The zero-order valence-electron chi connectivity index (χ0n) is 15.3. The highest BCUT2D eigenvalue weighted by Crippen LogP contribution is 2.31. The van der Waals surface area contributed by atoms with Crippen molar-refractivity contribution in [1.82, 2.24) is 24.9 Å². The summed E-state index contributed by atoms with van der Waals surface area (Å²) in [6.07, 6.45) is 6.88. The molecule has 3 heterocycles. The maximum atomic E-state index is 4.62. The molecule has 0 aliphatic rings. The lowest BCUT2D eigenvalue weighted by atomic mass is 10.3. The van der Waals surface area contributed by atoms with Gasteiger partial charge in [-0.2, -0.15) is 0 Å². The SMILES string of the molecule is CNc1nc(C)c(-c2ccnc(Nc3ccc(N=Cc4ncc[nH]4)cc3)n2)s1. The average molecular weight is 390 g/mol. The van der Waals surface area contributed by atoms with Crippen molar-refractivity contribution < 1.29 is 0 Å². The van der Waals surface area contributed by atoms with Gasteiger partial charge in [0.2, 0.25) is 5.95 Å². The fraction of sp³-hybridized carbons (Fsp3) is 0.105. The number of anilines is 3. The molecule has 0 aliphatic carbocycles. The molecule has 0 fully saturated rings. The Balaban J connectivity index is 1.49. The number of aromatic amines is 1. The third kappa shape index (κ3) is 4.04. The first kappa shape index (κ1) is 17.8. The Morgan fingerprint density at radius 1 is 1.07 bits per heavy atom. The molecule has 140 valence electrons. The number of hydrogen-bond donors (Lipinski definition) is 3. The Morgan fingerprint density at radius 3 is 2.64 bits per heavy atom. The van der Waals surface area contributed by atoms with Crippen molar-refractivity contribution >= 4 is 40.0 Å². The van der Waals surface area contributed by atoms with Gasteiger partial charge in [0.05, 0.1) is 28.2 Å². The van der Waals surface area contributed by atoms with Crippen LogP contribution in [-0.2, 0) is 0 Å². The predicted octanol–water partition coefficient (Wildman–Crippen LogP) is 4.17. The van der Waals surface area contributed by atoms with Crippen molar-refractivity contribution in [2.45, 2.75) is 6.92 Å². The number of imidazole rings is 1. The number of nitrogens with zero attached hydrogens (tertiary/aromatic N) is 5. The molecule has 4 rings (SSSR count). The van der Waals surface area contributed by atoms with Crippen molar-refractivity contribution in [3.8, 4) is 10.6 Å². The number of aryl methyl sites for hydroxylation is 1. The quantitative estimate of drug-likeness (QED) is 0.427. The van der Waals surface area contributed by atoms with Gasteiger partial charge in [-0.15, -0.1) is 0 Å². The van der Waals surface area contributed by atoms with Crippen molar-refractivity contribution in [3.05, 3.63) is 60.4 Å². The monoisotopic (exact) mass is 390 g/mol. The van der Waals surface area contributed by atoms with E-state index in [-0.39, 0.29) is 0 Å². The molecule has 0 saturated heterocycles. The summed E-state index contributed by atoms with van der Waals surface area (Å²) in [6, 6.07) is 9.58. The standard InChI is InChI=1S/C19H18N8S/c1-12-17(28-19(20-2)25-12)15-7-8-23-18(27-15)26-14-5-3-13(4-6-14)24-11-16-21-9-10-22-16/h3-11H,1-2H3,(H,20,25)(H,21,22)(H,23,26,27). The highest BCUT2D eigenvalue weighted by atomic mass is 32.1. The molecule has 0 saturated carbocycles. The van der Waals surface area contributed by atoms with Crippen LogP contribution in [0.5, 0.6) is 0 Å². The van der Waals surface area contributed by atoms with E-state index in [1.165, 1.54) is 0 Å². The van der Waals surface area contributed by atoms with Crippen LogP contribution in [0, 0.1) is 6.92 Å². The van der Waals surface area contributed by atoms with Gasteiger partial charge in [0.25, 0.3) is 0 Å². The van der Waals surface area contributed by atoms with E-state index in [2.05, 4.69) is 40.5 Å². The summed E-state index contributed by atoms with van der Waals surface area (Å²) < 4.78 is 0. The second kappa shape index (κ2) is 7.97. The van der Waals surface area contributed by atoms with Crippen LogP contribution in [0.15, 0.2) is 53.9 Å². The van der Waals surface area contributed by atoms with E-state index >= 15 is 0 Å². The van der Waals surface area contributed by atoms with Gasteiger partial charge >= 0.3 is 0 Å². The smallest absolute Gasteiger partial charge is 0.227 e. The highest BCUT2D eigenvalue weighted by molar-refractivity contribution is 7.19. The van der Waals surface area contributed by atoms with Crippen LogP contribution in [0.4, 0.5) is 22.5 Å². The molecule has 0 spiro atoms. The number of thiazole rings is 1. The lowest BCUT2D eigenvalue weighted by molar-refractivity contribution is 1.16. The summed E-state index contributed by atoms with van der Waals surface area (Å²) in [4.78, 5) is 25.9. The van der Waals surface area contributed by atoms with E-state index in [1.54, 1.807) is 36.1 Å². The second-order valence-electron chi connectivity index (χ2n) is 5.85. The fourth-order valence-electron chi connectivity index (χ4n) is 2.53. The number of nitrogens with one attached hydrogen (secondary N) is 3. The van der Waals surface area contributed by atoms with Crippen LogP contribution < -0.4 is 10.6 Å². The minimum absolute atomic E-state index is 0.531. The van der Waals surface area contributed by atoms with Crippen LogP contribution in [-0.4, -0.2) is 38.2 Å². The Kier molecular flexibility index (Phi) is 5.07. The molecular weight excluding hydrogens is 372 g/mol. The summed E-state index contributed by atoms with van der Waals surface area (Å²) in [5.41, 5.74) is 3.49. The molecule has 0 radical (unpaired) electrons. The summed E-state index contributed by atoms with van der Waals surface area (Å²) in [5.74, 6) is 1.25. The Bertz CT molecular complexity index is 1080. The first-order valence-corrected chi connectivity index (χ1v) is 9.42. The average Bonchev–Trinajstić information content (AvgIpc) is 3.37. The molecule has 0 amide bonds. The highest BCUT2D eigenvalue weighted by Gasteiger charge is 2.11. The third-order valence-corrected chi connectivity index (χ3v) is 5.07. The maximum absolute atomic E-state index is 4.62. The van der Waals surface area contributed by atoms with Crippen LogP contribution in [0.25, 0.3) is 10.6 Å². The maximum Gasteiger partial charge on any atom is 0.227 e. The largest absolute Gasteiger partial charge is 0.365 e. The summed E-state index contributed by atoms with van der Waals surface area (Å²) in [6.45, 7) is 1.98. The number of H-pyrrole nitrogens is 1. The number of benzene rings is 1. The van der Waals surface area contributed by atoms with Gasteiger partial charge in [-0.3, -0.25) is 4.99 Å². The van der Waals surface area contributed by atoms with Crippen LogP contribution in [0.1, 0.15) is 11.5 Å². The zero-order chi connectivity index (χ0) is 19.3. The topological polar surface area (TPSA) is 104 Å². The molecule has 9 heteroatoms. The van der Waals surface area contributed by atoms with Crippen molar-refractivity contribution in [1.29, 1.82) is 0 Å². The zero-order valence-corrected chi connectivity index (χ0v) is 16.2. The first-order valence-electron chi connectivity index (χ1n) is 8.60.